The van der Waals surface area contributed by atoms with Gasteiger partial charge < -0.3 is 38.6 Å². The summed E-state index contributed by atoms with van der Waals surface area (Å²) in [5, 5.41) is 19.0. The number of phenolic OH excluding ortho intramolecular Hbond substituents is 2. The molecule has 0 spiro atoms. The monoisotopic (exact) mass is 1370 g/mol. The second-order valence-electron chi connectivity index (χ2n) is 26.9. The van der Waals surface area contributed by atoms with Crippen molar-refractivity contribution in [1.82, 2.24) is 0 Å². The molecule has 0 aliphatic carbocycles. The molecule has 0 aliphatic rings. The lowest BCUT2D eigenvalue weighted by molar-refractivity contribution is -0.275. The van der Waals surface area contributed by atoms with Gasteiger partial charge in [-0.3, -0.25) is 0 Å². The van der Waals surface area contributed by atoms with Crippen LogP contribution in [0.3, 0.4) is 0 Å². The number of phenols is 2. The van der Waals surface area contributed by atoms with Gasteiger partial charge in [-0.05, 0) is 146 Å². The summed E-state index contributed by atoms with van der Waals surface area (Å²) < 4.78 is 244. The van der Waals surface area contributed by atoms with Crippen LogP contribution in [0, 0.1) is 0 Å². The van der Waals surface area contributed by atoms with E-state index >= 15 is 0 Å². The first-order valence-corrected chi connectivity index (χ1v) is 28.3. The lowest BCUT2D eigenvalue weighted by Crippen LogP contribution is -2.18. The number of hydrogen-bond acceptors (Lipinski definition) is 8. The van der Waals surface area contributed by atoms with Gasteiger partial charge in [0.2, 0.25) is 0 Å². The number of halogens is 18. The Morgan fingerprint density at radius 1 is 0.255 bits per heavy atom. The van der Waals surface area contributed by atoms with Crippen LogP contribution in [0.2, 0.25) is 0 Å². The summed E-state index contributed by atoms with van der Waals surface area (Å²) in [6.07, 6.45) is -27.3. The van der Waals surface area contributed by atoms with Crippen LogP contribution < -0.4 is 28.4 Å². The van der Waals surface area contributed by atoms with Gasteiger partial charge in [0.25, 0.3) is 0 Å². The van der Waals surface area contributed by atoms with Crippen LogP contribution in [-0.2, 0) is 44.8 Å². The second-order valence-corrected chi connectivity index (χ2v) is 26.9. The molecule has 0 aliphatic heterocycles. The molecule has 0 unspecified atom stereocenters. The average Bonchev–Trinajstić information content (AvgIpc) is 0.830. The third kappa shape index (κ3) is 31.6. The van der Waals surface area contributed by atoms with Gasteiger partial charge in [-0.1, -0.05) is 149 Å². The van der Waals surface area contributed by atoms with E-state index in [-0.39, 0.29) is 56.2 Å². The summed E-state index contributed by atoms with van der Waals surface area (Å²) in [7, 11) is 2.94. The summed E-state index contributed by atoms with van der Waals surface area (Å²) >= 11 is 0. The highest BCUT2D eigenvalue weighted by Crippen LogP contribution is 2.41. The summed E-state index contributed by atoms with van der Waals surface area (Å²) in [5.41, 5.74) is 0.424. The van der Waals surface area contributed by atoms with Gasteiger partial charge in [0.05, 0.1) is 25.3 Å². The molecule has 0 saturated carbocycles. The second kappa shape index (κ2) is 31.8. The molecular formula is C68H82F18O8. The Hall–Kier alpha value is -7.54. The van der Waals surface area contributed by atoms with Crippen molar-refractivity contribution >= 4 is 0 Å². The molecule has 8 nitrogen and oxygen atoms in total. The highest BCUT2D eigenvalue weighted by molar-refractivity contribution is 5.46. The summed E-state index contributed by atoms with van der Waals surface area (Å²) in [4.78, 5) is 0. The number of benzene rings is 6. The smallest absolute Gasteiger partial charge is 0.508 e. The molecule has 528 valence electrons. The molecule has 0 saturated heterocycles. The number of hydrogen-bond donors (Lipinski definition) is 2. The molecule has 0 radical (unpaired) electrons. The number of methoxy groups -OCH3 is 2. The Labute approximate surface area is 537 Å². The topological polar surface area (TPSA) is 95.8 Å². The fourth-order valence-electron chi connectivity index (χ4n) is 7.88. The molecular weight excluding hydrogens is 1290 g/mol. The maximum atomic E-state index is 12.6. The van der Waals surface area contributed by atoms with Crippen molar-refractivity contribution in [1.29, 1.82) is 0 Å². The average molecular weight is 1370 g/mol. The van der Waals surface area contributed by atoms with Crippen LogP contribution in [0.5, 0.6) is 46.0 Å². The first-order chi connectivity index (χ1) is 41.9. The molecule has 94 heavy (non-hydrogen) atoms. The van der Waals surface area contributed by atoms with E-state index in [4.69, 9.17) is 9.47 Å². The molecule has 0 bridgehead atoms. The fraction of sp³-hybridized carbons (Fsp3) is 0.471. The zero-order valence-electron chi connectivity index (χ0n) is 55.7. The fourth-order valence-corrected chi connectivity index (χ4v) is 7.88. The number of rotatable bonds is 6. The van der Waals surface area contributed by atoms with Gasteiger partial charge in [0, 0.05) is 16.7 Å². The van der Waals surface area contributed by atoms with Crippen LogP contribution in [0.1, 0.15) is 169 Å². The molecule has 2 N–H and O–H groups in total. The molecule has 0 aromatic heterocycles. The van der Waals surface area contributed by atoms with Gasteiger partial charge >= 0.3 is 37.8 Å². The Kier molecular flexibility index (Phi) is 28.6. The predicted molar refractivity (Wildman–Crippen MR) is 324 cm³/mol. The Morgan fingerprint density at radius 3 is 0.862 bits per heavy atom. The minimum atomic E-state index is -4.72. The Morgan fingerprint density at radius 2 is 0.521 bits per heavy atom. The predicted octanol–water partition coefficient (Wildman–Crippen LogP) is 23.0. The third-order valence-electron chi connectivity index (χ3n) is 12.6. The van der Waals surface area contributed by atoms with Crippen molar-refractivity contribution < 1.29 is 118 Å². The maximum absolute atomic E-state index is 12.6. The lowest BCUT2D eigenvalue weighted by Gasteiger charge is -2.23. The van der Waals surface area contributed by atoms with Gasteiger partial charge in [0.1, 0.15) is 46.0 Å². The minimum absolute atomic E-state index is 0.0398. The van der Waals surface area contributed by atoms with Crippen LogP contribution in [0.15, 0.2) is 121 Å². The van der Waals surface area contributed by atoms with E-state index in [1.807, 2.05) is 83.1 Å². The van der Waals surface area contributed by atoms with Crippen LogP contribution in [-0.4, -0.2) is 49.9 Å². The summed E-state index contributed by atoms with van der Waals surface area (Å²) in [5.74, 6) is -0.0195. The molecule has 0 amide bonds. The highest BCUT2D eigenvalue weighted by atomic mass is 19.4. The SMILES string of the molecule is CC(C)(C)c1cc(C(F)(F)F)ccc1O.CC(C)(C)c1cc(OC(F)(F)F)ccc1O.CC(C)(C)c1ccc(OC(F)(F)F)cc1.CC(C)(C)c1cccc(OC(F)(F)F)c1.COc1ccc(C(F)(F)F)cc1C(C)(C)C.COc1ccc(OC(F)(F)F)cc1C(C)(C)C. The zero-order chi connectivity index (χ0) is 73.6. The normalized spacial score (nSPS) is 12.7. The zero-order valence-corrected chi connectivity index (χ0v) is 55.7. The largest absolute Gasteiger partial charge is 0.573 e. The van der Waals surface area contributed by atoms with Crippen molar-refractivity contribution in [3.05, 3.63) is 166 Å². The quantitative estimate of drug-likeness (QED) is 0.159. The van der Waals surface area contributed by atoms with E-state index in [1.165, 1.54) is 74.9 Å². The standard InChI is InChI=1S/C12H15F3O2.C12H15F3O.C11H13F3O2.3C11H13F3O/c1-11(2,3)9-7-8(17-12(13,14)15)5-6-10(9)16-4;1-11(2,3)9-7-8(12(13,14)15)5-6-10(9)16-4;1-10(2,3)8-6-7(4-5-9(8)15)16-11(12,13)14;1-10(2,3)8-4-6-9(7-5-8)15-11(12,13)14;1-10(2,3)8-6-7(11(12,13)14)4-5-9(8)15;1-10(2,3)8-5-4-6-9(7-8)15-11(12,13)14/h5-7H,1-4H3;5-7H,1-4H3;4-6,15H,1-3H3;4-7H,1-3H3;4-6,15H,1-3H3;4-7H,1-3H3. The highest BCUT2D eigenvalue weighted by Gasteiger charge is 2.37. The third-order valence-corrected chi connectivity index (χ3v) is 12.6. The van der Waals surface area contributed by atoms with Gasteiger partial charge in [0.15, 0.2) is 0 Å². The molecule has 6 rings (SSSR count). The van der Waals surface area contributed by atoms with E-state index in [9.17, 15) is 89.2 Å². The van der Waals surface area contributed by atoms with Crippen molar-refractivity contribution in [2.45, 2.75) is 195 Å². The molecule has 6 aromatic carbocycles. The number of alkyl halides is 18. The van der Waals surface area contributed by atoms with E-state index in [0.29, 0.717) is 33.8 Å². The Bertz CT molecular complexity index is 3300. The van der Waals surface area contributed by atoms with Crippen molar-refractivity contribution in [3.63, 3.8) is 0 Å². The van der Waals surface area contributed by atoms with Gasteiger partial charge in [-0.25, -0.2) is 0 Å². The maximum Gasteiger partial charge on any atom is 0.573 e. The molecule has 0 fully saturated rings. The van der Waals surface area contributed by atoms with E-state index < -0.39 is 59.8 Å². The van der Waals surface area contributed by atoms with E-state index in [2.05, 4.69) is 18.9 Å². The molecule has 6 aromatic rings. The van der Waals surface area contributed by atoms with Crippen molar-refractivity contribution in [3.8, 4) is 46.0 Å². The van der Waals surface area contributed by atoms with Crippen molar-refractivity contribution in [2.75, 3.05) is 14.2 Å². The summed E-state index contributed by atoms with van der Waals surface area (Å²) in [6.45, 7) is 33.6. The van der Waals surface area contributed by atoms with E-state index in [0.717, 1.165) is 47.5 Å². The molecule has 0 atom stereocenters. The summed E-state index contributed by atoms with van der Waals surface area (Å²) in [6, 6.07) is 26.0. The number of ether oxygens (including phenoxy) is 6. The van der Waals surface area contributed by atoms with Crippen LogP contribution in [0.4, 0.5) is 79.0 Å². The Balaban J connectivity index is 0.000000564. The van der Waals surface area contributed by atoms with E-state index in [1.54, 1.807) is 65.8 Å². The van der Waals surface area contributed by atoms with Crippen molar-refractivity contribution in [2.24, 2.45) is 0 Å². The van der Waals surface area contributed by atoms with Crippen LogP contribution >= 0.6 is 0 Å². The molecule has 26 heteroatoms. The van der Waals surface area contributed by atoms with Crippen LogP contribution in [0.25, 0.3) is 0 Å². The first-order valence-electron chi connectivity index (χ1n) is 28.3. The lowest BCUT2D eigenvalue weighted by atomic mass is 9.85. The number of aromatic hydroxyl groups is 2. The minimum Gasteiger partial charge on any atom is -0.508 e. The van der Waals surface area contributed by atoms with Gasteiger partial charge in [-0.15, -0.1) is 52.7 Å². The molecule has 0 heterocycles. The van der Waals surface area contributed by atoms with Gasteiger partial charge in [-0.2, -0.15) is 26.3 Å². The first kappa shape index (κ1) is 84.5.